The first kappa shape index (κ1) is 17.2. The van der Waals surface area contributed by atoms with Gasteiger partial charge in [0.15, 0.2) is 11.5 Å². The zero-order chi connectivity index (χ0) is 17.8. The molecule has 0 saturated carbocycles. The minimum Gasteiger partial charge on any atom is -0.460 e. The monoisotopic (exact) mass is 345 g/mol. The fraction of sp³-hybridized carbons (Fsp3) is 0.471. The SMILES string of the molecule is Cc1ccc(-c2cc(C(=O)N3CCCC(C(=O)NCCN)C3)n[nH]2)o1. The normalized spacial score (nSPS) is 17.5. The number of nitrogens with one attached hydrogen (secondary N) is 2. The van der Waals surface area contributed by atoms with Crippen molar-refractivity contribution in [1.82, 2.24) is 20.4 Å². The topological polar surface area (TPSA) is 117 Å². The van der Waals surface area contributed by atoms with E-state index in [1.165, 1.54) is 0 Å². The van der Waals surface area contributed by atoms with Gasteiger partial charge in [0.05, 0.1) is 5.92 Å². The number of hydrogen-bond acceptors (Lipinski definition) is 5. The van der Waals surface area contributed by atoms with Crippen LogP contribution in [0.25, 0.3) is 11.5 Å². The molecule has 134 valence electrons. The number of furan rings is 1. The zero-order valence-electron chi connectivity index (χ0n) is 14.2. The number of carbonyl (C=O) groups excluding carboxylic acids is 2. The number of piperidine rings is 1. The maximum Gasteiger partial charge on any atom is 0.274 e. The van der Waals surface area contributed by atoms with Gasteiger partial charge in [0.1, 0.15) is 11.5 Å². The fourth-order valence-corrected chi connectivity index (χ4v) is 3.01. The lowest BCUT2D eigenvalue weighted by Crippen LogP contribution is -2.46. The minimum atomic E-state index is -0.199. The molecule has 0 spiro atoms. The van der Waals surface area contributed by atoms with Gasteiger partial charge in [-0.1, -0.05) is 0 Å². The first-order chi connectivity index (χ1) is 12.1. The van der Waals surface area contributed by atoms with Crippen LogP contribution in [0, 0.1) is 12.8 Å². The van der Waals surface area contributed by atoms with Crippen LogP contribution < -0.4 is 11.1 Å². The van der Waals surface area contributed by atoms with E-state index in [-0.39, 0.29) is 17.7 Å². The largest absolute Gasteiger partial charge is 0.460 e. The van der Waals surface area contributed by atoms with E-state index in [1.54, 1.807) is 11.0 Å². The van der Waals surface area contributed by atoms with Gasteiger partial charge in [-0.2, -0.15) is 5.10 Å². The summed E-state index contributed by atoms with van der Waals surface area (Å²) in [6, 6.07) is 5.36. The molecule has 3 rings (SSSR count). The van der Waals surface area contributed by atoms with Crippen LogP contribution in [-0.2, 0) is 4.79 Å². The predicted molar refractivity (Wildman–Crippen MR) is 91.7 cm³/mol. The minimum absolute atomic E-state index is 0.0447. The molecule has 0 aromatic carbocycles. The molecule has 1 aliphatic heterocycles. The number of hydrogen-bond donors (Lipinski definition) is 3. The molecule has 2 aromatic heterocycles. The zero-order valence-corrected chi connectivity index (χ0v) is 14.2. The molecular formula is C17H23N5O3. The number of likely N-dealkylation sites (tertiary alicyclic amines) is 1. The molecule has 2 amide bonds. The molecule has 3 heterocycles. The maximum absolute atomic E-state index is 12.7. The summed E-state index contributed by atoms with van der Waals surface area (Å²) >= 11 is 0. The number of nitrogens with zero attached hydrogens (tertiary/aromatic N) is 2. The second kappa shape index (κ2) is 7.52. The van der Waals surface area contributed by atoms with Crippen molar-refractivity contribution in [2.45, 2.75) is 19.8 Å². The number of H-pyrrole nitrogens is 1. The van der Waals surface area contributed by atoms with Crippen molar-refractivity contribution in [3.8, 4) is 11.5 Å². The van der Waals surface area contributed by atoms with Gasteiger partial charge < -0.3 is 20.4 Å². The van der Waals surface area contributed by atoms with Crippen molar-refractivity contribution in [2.75, 3.05) is 26.2 Å². The Bertz CT molecular complexity index is 751. The standard InChI is InChI=1S/C17H23N5O3/c1-11-4-5-15(25-11)13-9-14(21-20-13)17(24)22-8-2-3-12(10-22)16(23)19-7-6-18/h4-5,9,12H,2-3,6-8,10,18H2,1H3,(H,19,23)(H,20,21). The molecule has 8 nitrogen and oxygen atoms in total. The lowest BCUT2D eigenvalue weighted by molar-refractivity contribution is -0.126. The van der Waals surface area contributed by atoms with Crippen molar-refractivity contribution < 1.29 is 14.0 Å². The first-order valence-corrected chi connectivity index (χ1v) is 8.47. The molecule has 1 saturated heterocycles. The molecule has 25 heavy (non-hydrogen) atoms. The lowest BCUT2D eigenvalue weighted by atomic mass is 9.97. The van der Waals surface area contributed by atoms with Crippen molar-refractivity contribution in [2.24, 2.45) is 11.7 Å². The quantitative estimate of drug-likeness (QED) is 0.744. The molecule has 4 N–H and O–H groups in total. The van der Waals surface area contributed by atoms with Crippen LogP contribution in [0.5, 0.6) is 0 Å². The highest BCUT2D eigenvalue weighted by molar-refractivity contribution is 5.93. The number of carbonyl (C=O) groups is 2. The smallest absolute Gasteiger partial charge is 0.274 e. The molecular weight excluding hydrogens is 322 g/mol. The maximum atomic E-state index is 12.7. The van der Waals surface area contributed by atoms with Gasteiger partial charge in [-0.3, -0.25) is 14.7 Å². The van der Waals surface area contributed by atoms with Gasteiger partial charge in [0.2, 0.25) is 5.91 Å². The van der Waals surface area contributed by atoms with Crippen molar-refractivity contribution in [3.05, 3.63) is 29.7 Å². The Morgan fingerprint density at radius 3 is 3.04 bits per heavy atom. The highest BCUT2D eigenvalue weighted by Gasteiger charge is 2.29. The second-order valence-electron chi connectivity index (χ2n) is 6.25. The van der Waals surface area contributed by atoms with E-state index in [2.05, 4.69) is 15.5 Å². The van der Waals surface area contributed by atoms with Crippen molar-refractivity contribution in [1.29, 1.82) is 0 Å². The number of rotatable bonds is 5. The summed E-state index contributed by atoms with van der Waals surface area (Å²) in [5.41, 5.74) is 6.40. The number of aromatic nitrogens is 2. The third-order valence-corrected chi connectivity index (χ3v) is 4.33. The van der Waals surface area contributed by atoms with Crippen LogP contribution in [-0.4, -0.2) is 53.1 Å². The Balaban J connectivity index is 1.66. The van der Waals surface area contributed by atoms with E-state index in [9.17, 15) is 9.59 Å². The van der Waals surface area contributed by atoms with E-state index in [0.717, 1.165) is 18.6 Å². The van der Waals surface area contributed by atoms with E-state index in [4.69, 9.17) is 10.2 Å². The van der Waals surface area contributed by atoms with Gasteiger partial charge in [-0.15, -0.1) is 0 Å². The second-order valence-corrected chi connectivity index (χ2v) is 6.25. The van der Waals surface area contributed by atoms with Gasteiger partial charge in [-0.05, 0) is 31.9 Å². The molecule has 1 fully saturated rings. The number of nitrogens with two attached hydrogens (primary N) is 1. The van der Waals surface area contributed by atoms with Gasteiger partial charge in [0.25, 0.3) is 5.91 Å². The van der Waals surface area contributed by atoms with Crippen LogP contribution >= 0.6 is 0 Å². The number of aryl methyl sites for hydroxylation is 1. The summed E-state index contributed by atoms with van der Waals surface area (Å²) < 4.78 is 5.53. The summed E-state index contributed by atoms with van der Waals surface area (Å²) in [6.45, 7) is 3.74. The van der Waals surface area contributed by atoms with E-state index < -0.39 is 0 Å². The molecule has 0 radical (unpaired) electrons. The Hall–Kier alpha value is -2.61. The van der Waals surface area contributed by atoms with E-state index >= 15 is 0 Å². The summed E-state index contributed by atoms with van der Waals surface area (Å²) in [7, 11) is 0. The van der Waals surface area contributed by atoms with Gasteiger partial charge in [-0.25, -0.2) is 0 Å². The molecule has 0 bridgehead atoms. The highest BCUT2D eigenvalue weighted by Crippen LogP contribution is 2.22. The Morgan fingerprint density at radius 1 is 1.48 bits per heavy atom. The Labute approximate surface area is 145 Å². The Kier molecular flexibility index (Phi) is 5.18. The first-order valence-electron chi connectivity index (χ1n) is 8.47. The molecule has 1 atom stereocenters. The molecule has 8 heteroatoms. The third-order valence-electron chi connectivity index (χ3n) is 4.33. The van der Waals surface area contributed by atoms with Crippen LogP contribution in [0.3, 0.4) is 0 Å². The summed E-state index contributed by atoms with van der Waals surface area (Å²) in [5, 5.41) is 9.73. The molecule has 1 unspecified atom stereocenters. The van der Waals surface area contributed by atoms with Crippen molar-refractivity contribution >= 4 is 11.8 Å². The van der Waals surface area contributed by atoms with Crippen molar-refractivity contribution in [3.63, 3.8) is 0 Å². The van der Waals surface area contributed by atoms with E-state index in [1.807, 2.05) is 19.1 Å². The summed E-state index contributed by atoms with van der Waals surface area (Å²) in [5.74, 6) is 1.01. The van der Waals surface area contributed by atoms with Crippen LogP contribution in [0.15, 0.2) is 22.6 Å². The molecule has 0 aliphatic carbocycles. The van der Waals surface area contributed by atoms with Gasteiger partial charge in [0, 0.05) is 32.2 Å². The molecule has 1 aliphatic rings. The fourth-order valence-electron chi connectivity index (χ4n) is 3.01. The van der Waals surface area contributed by atoms with Gasteiger partial charge >= 0.3 is 0 Å². The van der Waals surface area contributed by atoms with Crippen LogP contribution in [0.2, 0.25) is 0 Å². The van der Waals surface area contributed by atoms with Crippen LogP contribution in [0.1, 0.15) is 29.1 Å². The van der Waals surface area contributed by atoms with Crippen LogP contribution in [0.4, 0.5) is 0 Å². The highest BCUT2D eigenvalue weighted by atomic mass is 16.3. The summed E-state index contributed by atoms with van der Waals surface area (Å²) in [6.07, 6.45) is 1.57. The van der Waals surface area contributed by atoms with E-state index in [0.29, 0.717) is 43.3 Å². The summed E-state index contributed by atoms with van der Waals surface area (Å²) in [4.78, 5) is 26.5. The number of aromatic amines is 1. The lowest BCUT2D eigenvalue weighted by Gasteiger charge is -2.31. The average Bonchev–Trinajstić information content (AvgIpc) is 3.28. The Morgan fingerprint density at radius 2 is 2.32 bits per heavy atom. The average molecular weight is 345 g/mol. The predicted octanol–water partition coefficient (Wildman–Crippen LogP) is 0.905. The third kappa shape index (κ3) is 3.90. The number of amides is 2. The molecule has 2 aromatic rings.